The van der Waals surface area contributed by atoms with Crippen LogP contribution in [0.25, 0.3) is 0 Å². The molecule has 0 aliphatic carbocycles. The first kappa shape index (κ1) is 19.6. The predicted octanol–water partition coefficient (Wildman–Crippen LogP) is -0.853. The number of hydrogen-bond acceptors (Lipinski definition) is 6. The van der Waals surface area contributed by atoms with Crippen molar-refractivity contribution in [3.8, 4) is 0 Å². The highest BCUT2D eigenvalue weighted by Gasteiger charge is 2.27. The Labute approximate surface area is 103 Å². The lowest BCUT2D eigenvalue weighted by atomic mass is 10.0. The molecular weight excluding hydrogens is 292 g/mol. The second-order valence-corrected chi connectivity index (χ2v) is 4.75. The van der Waals surface area contributed by atoms with Gasteiger partial charge in [-0.2, -0.15) is 0 Å². The van der Waals surface area contributed by atoms with Crippen molar-refractivity contribution >= 4 is 28.4 Å². The van der Waals surface area contributed by atoms with Gasteiger partial charge in [0.1, 0.15) is 6.04 Å². The zero-order valence-electron chi connectivity index (χ0n) is 9.48. The van der Waals surface area contributed by atoms with E-state index >= 15 is 0 Å². The van der Waals surface area contributed by atoms with Crippen molar-refractivity contribution in [2.75, 3.05) is 7.05 Å². The Morgan fingerprint density at radius 1 is 1.11 bits per heavy atom. The maximum Gasteiger partial charge on any atom is 0.323 e. The SMILES string of the molecule is CNC(C(=O)O)C(C)C(=O)O.O=[PH](O)O[PH](=O)O. The van der Waals surface area contributed by atoms with Gasteiger partial charge < -0.3 is 25.3 Å². The second kappa shape index (κ2) is 10.2. The Kier molecular flexibility index (Phi) is 11.1. The number of hydrogen-bond donors (Lipinski definition) is 5. The first-order valence-corrected chi connectivity index (χ1v) is 6.92. The minimum absolute atomic E-state index is 0.919. The Morgan fingerprint density at radius 2 is 1.50 bits per heavy atom. The molecule has 0 aromatic carbocycles. The van der Waals surface area contributed by atoms with Crippen LogP contribution in [0.5, 0.6) is 0 Å². The maximum absolute atomic E-state index is 10.4. The largest absolute Gasteiger partial charge is 0.481 e. The van der Waals surface area contributed by atoms with Crippen molar-refractivity contribution < 1.29 is 43.0 Å². The summed E-state index contributed by atoms with van der Waals surface area (Å²) in [5.41, 5.74) is 0. The molecule has 0 aromatic heterocycles. The van der Waals surface area contributed by atoms with E-state index in [-0.39, 0.29) is 0 Å². The zero-order chi connectivity index (χ0) is 14.9. The van der Waals surface area contributed by atoms with Crippen LogP contribution in [-0.4, -0.2) is 45.0 Å². The van der Waals surface area contributed by atoms with Crippen molar-refractivity contribution in [1.29, 1.82) is 0 Å². The van der Waals surface area contributed by atoms with Gasteiger partial charge in [-0.15, -0.1) is 0 Å². The van der Waals surface area contributed by atoms with Crippen LogP contribution in [0.1, 0.15) is 6.92 Å². The molecule has 0 spiro atoms. The normalized spacial score (nSPS) is 16.7. The Hall–Kier alpha value is -0.760. The molecule has 12 heteroatoms. The smallest absolute Gasteiger partial charge is 0.323 e. The van der Waals surface area contributed by atoms with Gasteiger partial charge in [-0.05, 0) is 14.0 Å². The van der Waals surface area contributed by atoms with Gasteiger partial charge in [0.2, 0.25) is 0 Å². The molecule has 18 heavy (non-hydrogen) atoms. The van der Waals surface area contributed by atoms with Crippen LogP contribution in [0.4, 0.5) is 0 Å². The lowest BCUT2D eigenvalue weighted by Gasteiger charge is -2.14. The van der Waals surface area contributed by atoms with Gasteiger partial charge in [-0.1, -0.05) is 0 Å². The molecule has 0 aliphatic heterocycles. The standard InChI is InChI=1S/C6H11NO4.H4O5P2/c1-3(5(8)9)4(7-2)6(10)11;1-6(2)5-7(3)4/h3-4,7H,1-2H3,(H,8,9)(H,10,11);6-7H,(H,1,2)(H,3,4). The molecule has 4 unspecified atom stereocenters. The summed E-state index contributed by atoms with van der Waals surface area (Å²) >= 11 is 0. The second-order valence-electron chi connectivity index (χ2n) is 2.87. The third kappa shape index (κ3) is 10.4. The van der Waals surface area contributed by atoms with E-state index in [1.807, 2.05) is 0 Å². The summed E-state index contributed by atoms with van der Waals surface area (Å²) in [6.45, 7) is 1.34. The van der Waals surface area contributed by atoms with Crippen molar-refractivity contribution in [3.63, 3.8) is 0 Å². The lowest BCUT2D eigenvalue weighted by molar-refractivity contribution is -0.150. The van der Waals surface area contributed by atoms with Crippen molar-refractivity contribution in [1.82, 2.24) is 5.32 Å². The molecule has 0 saturated carbocycles. The molecule has 0 amide bonds. The first-order chi connectivity index (χ1) is 8.13. The number of likely N-dealkylation sites (N-methyl/N-ethyl adjacent to an activating group) is 1. The van der Waals surface area contributed by atoms with E-state index in [4.69, 9.17) is 20.0 Å². The summed E-state index contributed by atoms with van der Waals surface area (Å²) in [5.74, 6) is -3.19. The highest BCUT2D eigenvalue weighted by Crippen LogP contribution is 2.30. The Balaban J connectivity index is 0. The van der Waals surface area contributed by atoms with Gasteiger partial charge in [0, 0.05) is 0 Å². The van der Waals surface area contributed by atoms with Gasteiger partial charge in [-0.25, -0.2) is 4.31 Å². The summed E-state index contributed by atoms with van der Waals surface area (Å²) in [7, 11) is -4.99. The average Bonchev–Trinajstić information content (AvgIpc) is 2.16. The van der Waals surface area contributed by atoms with Gasteiger partial charge in [0.25, 0.3) is 0 Å². The van der Waals surface area contributed by atoms with Gasteiger partial charge in [0.05, 0.1) is 5.92 Å². The third-order valence-corrected chi connectivity index (χ3v) is 3.04. The molecule has 0 radical (unpaired) electrons. The van der Waals surface area contributed by atoms with Crippen LogP contribution in [0.2, 0.25) is 0 Å². The molecule has 4 atom stereocenters. The zero-order valence-corrected chi connectivity index (χ0v) is 11.5. The third-order valence-electron chi connectivity index (χ3n) is 1.64. The summed E-state index contributed by atoms with van der Waals surface area (Å²) in [6, 6.07) is -1.02. The molecule has 108 valence electrons. The minimum Gasteiger partial charge on any atom is -0.481 e. The van der Waals surface area contributed by atoms with Crippen molar-refractivity contribution in [2.24, 2.45) is 5.92 Å². The number of carboxylic acid groups (broad SMARTS) is 2. The molecular formula is C6H15NO9P2. The van der Waals surface area contributed by atoms with Crippen LogP contribution >= 0.6 is 16.5 Å². The van der Waals surface area contributed by atoms with E-state index in [1.54, 1.807) is 0 Å². The quantitative estimate of drug-likeness (QED) is 0.389. The van der Waals surface area contributed by atoms with Crippen LogP contribution in [0, 0.1) is 5.92 Å². The molecule has 10 nitrogen and oxygen atoms in total. The molecule has 0 saturated heterocycles. The average molecular weight is 307 g/mol. The number of rotatable bonds is 6. The Bertz CT molecular complexity index is 321. The van der Waals surface area contributed by atoms with E-state index in [0.717, 1.165) is 0 Å². The minimum atomic E-state index is -3.20. The summed E-state index contributed by atoms with van der Waals surface area (Å²) < 4.78 is 22.3. The maximum atomic E-state index is 10.4. The van der Waals surface area contributed by atoms with Crippen LogP contribution in [0.15, 0.2) is 0 Å². The van der Waals surface area contributed by atoms with Gasteiger partial charge >= 0.3 is 28.4 Å². The fourth-order valence-electron chi connectivity index (χ4n) is 0.805. The molecule has 0 bridgehead atoms. The first-order valence-electron chi connectivity index (χ1n) is 4.40. The fraction of sp³-hybridized carbons (Fsp3) is 0.667. The van der Waals surface area contributed by atoms with E-state index in [2.05, 4.69) is 9.63 Å². The predicted molar refractivity (Wildman–Crippen MR) is 60.8 cm³/mol. The van der Waals surface area contributed by atoms with Crippen molar-refractivity contribution in [3.05, 3.63) is 0 Å². The molecule has 0 aliphatic rings. The molecule has 0 aromatic rings. The summed E-state index contributed by atoms with van der Waals surface area (Å²) in [5, 5.41) is 19.3. The number of nitrogens with one attached hydrogen (secondary N) is 1. The van der Waals surface area contributed by atoms with Crippen LogP contribution < -0.4 is 5.32 Å². The number of carbonyl (C=O) groups is 2. The molecule has 0 fully saturated rings. The van der Waals surface area contributed by atoms with Gasteiger partial charge in [0.15, 0.2) is 0 Å². The highest BCUT2D eigenvalue weighted by atomic mass is 31.2. The molecule has 0 heterocycles. The number of carboxylic acids is 2. The van der Waals surface area contributed by atoms with Gasteiger partial charge in [-0.3, -0.25) is 18.7 Å². The highest BCUT2D eigenvalue weighted by molar-refractivity contribution is 7.46. The summed E-state index contributed by atoms with van der Waals surface area (Å²) in [6.07, 6.45) is 0. The topological polar surface area (TPSA) is 170 Å². The molecule has 0 rings (SSSR count). The van der Waals surface area contributed by atoms with E-state index in [0.29, 0.717) is 0 Å². The lowest BCUT2D eigenvalue weighted by Crippen LogP contribution is -2.42. The number of aliphatic carboxylic acids is 2. The van der Waals surface area contributed by atoms with E-state index in [9.17, 15) is 18.7 Å². The monoisotopic (exact) mass is 307 g/mol. The van der Waals surface area contributed by atoms with E-state index < -0.39 is 40.4 Å². The van der Waals surface area contributed by atoms with Crippen LogP contribution in [0.3, 0.4) is 0 Å². The Morgan fingerprint density at radius 3 is 1.56 bits per heavy atom. The van der Waals surface area contributed by atoms with E-state index in [1.165, 1.54) is 14.0 Å². The van der Waals surface area contributed by atoms with Crippen LogP contribution in [-0.2, 0) is 23.0 Å². The van der Waals surface area contributed by atoms with Crippen molar-refractivity contribution in [2.45, 2.75) is 13.0 Å². The fourth-order valence-corrected chi connectivity index (χ4v) is 1.40. The molecule has 5 N–H and O–H groups in total. The summed E-state index contributed by atoms with van der Waals surface area (Å²) in [4.78, 5) is 36.1.